The second-order valence-corrected chi connectivity index (χ2v) is 7.51. The number of carbonyl (C=O) groups is 1. The minimum Gasteiger partial charge on any atom is -0.497 e. The summed E-state index contributed by atoms with van der Waals surface area (Å²) in [5.41, 5.74) is 3.65. The molecule has 3 aromatic heterocycles. The topological polar surface area (TPSA) is 81.9 Å². The van der Waals surface area contributed by atoms with Gasteiger partial charge in [0, 0.05) is 24.4 Å². The summed E-state index contributed by atoms with van der Waals surface area (Å²) in [6, 6.07) is 11.7. The Balaban J connectivity index is 1.53. The van der Waals surface area contributed by atoms with Gasteiger partial charge in [0.25, 0.3) is 0 Å². The third kappa shape index (κ3) is 4.43. The van der Waals surface area contributed by atoms with Crippen LogP contribution in [-0.2, 0) is 17.8 Å². The van der Waals surface area contributed by atoms with Crippen LogP contribution in [0.2, 0.25) is 0 Å². The summed E-state index contributed by atoms with van der Waals surface area (Å²) in [5.74, 6) is 1.58. The van der Waals surface area contributed by atoms with Crippen LogP contribution in [0.3, 0.4) is 0 Å². The number of fused-ring (bicyclic) bond motifs is 1. The maximum absolute atomic E-state index is 12.3. The van der Waals surface area contributed by atoms with Crippen LogP contribution in [-0.4, -0.2) is 32.5 Å². The molecule has 0 aliphatic carbocycles. The van der Waals surface area contributed by atoms with E-state index in [0.29, 0.717) is 24.5 Å². The number of ether oxygens (including phenoxy) is 1. The number of aryl methyl sites for hydroxylation is 2. The predicted octanol–water partition coefficient (Wildman–Crippen LogP) is 3.82. The van der Waals surface area contributed by atoms with E-state index < -0.39 is 0 Å². The van der Waals surface area contributed by atoms with Crippen molar-refractivity contribution >= 4 is 33.5 Å². The quantitative estimate of drug-likeness (QED) is 0.504. The van der Waals surface area contributed by atoms with Gasteiger partial charge in [-0.25, -0.2) is 15.0 Å². The lowest BCUT2D eigenvalue weighted by Crippen LogP contribution is -2.14. The zero-order valence-electron chi connectivity index (χ0n) is 16.3. The molecule has 0 saturated heterocycles. The van der Waals surface area contributed by atoms with Gasteiger partial charge in [-0.3, -0.25) is 4.79 Å². The van der Waals surface area contributed by atoms with E-state index in [-0.39, 0.29) is 5.91 Å². The number of pyridine rings is 1. The van der Waals surface area contributed by atoms with Crippen molar-refractivity contribution in [1.29, 1.82) is 0 Å². The molecule has 0 unspecified atom stereocenters. The van der Waals surface area contributed by atoms with Crippen LogP contribution >= 0.6 is 11.3 Å². The second-order valence-electron chi connectivity index (χ2n) is 6.65. The molecule has 3 heterocycles. The van der Waals surface area contributed by atoms with Crippen LogP contribution in [0.1, 0.15) is 23.5 Å². The van der Waals surface area contributed by atoms with Gasteiger partial charge >= 0.3 is 0 Å². The van der Waals surface area contributed by atoms with Gasteiger partial charge in [-0.15, -0.1) is 11.3 Å². The zero-order valence-corrected chi connectivity index (χ0v) is 17.1. The van der Waals surface area contributed by atoms with Crippen LogP contribution in [0, 0.1) is 6.92 Å². The summed E-state index contributed by atoms with van der Waals surface area (Å²) in [6.45, 7) is 2.53. The molecule has 1 aromatic carbocycles. The highest BCUT2D eigenvalue weighted by Crippen LogP contribution is 2.20. The Hall–Kier alpha value is -3.26. The molecule has 0 saturated carbocycles. The second kappa shape index (κ2) is 8.40. The van der Waals surface area contributed by atoms with E-state index in [4.69, 9.17) is 9.72 Å². The molecule has 0 aliphatic rings. The Kier molecular flexibility index (Phi) is 5.53. The van der Waals surface area contributed by atoms with Gasteiger partial charge in [-0.05, 0) is 36.8 Å². The number of amides is 1. The molecule has 0 fully saturated rings. The number of nitrogens with zero attached hydrogens (tertiary/aromatic N) is 4. The maximum Gasteiger partial charge on any atom is 0.226 e. The van der Waals surface area contributed by atoms with Crippen molar-refractivity contribution in [1.82, 2.24) is 19.5 Å². The highest BCUT2D eigenvalue weighted by Gasteiger charge is 2.14. The number of nitrogens with one attached hydrogen (secondary N) is 1. The fraction of sp³-hybridized carbons (Fsp3) is 0.238. The lowest BCUT2D eigenvalue weighted by atomic mass is 10.2. The average molecular weight is 407 g/mol. The normalized spacial score (nSPS) is 11.0. The summed E-state index contributed by atoms with van der Waals surface area (Å²) in [5, 5.41) is 5.39. The fourth-order valence-corrected chi connectivity index (χ4v) is 3.80. The van der Waals surface area contributed by atoms with E-state index in [1.54, 1.807) is 13.3 Å². The summed E-state index contributed by atoms with van der Waals surface area (Å²) in [4.78, 5) is 25.8. The van der Waals surface area contributed by atoms with Crippen molar-refractivity contribution in [2.75, 3.05) is 12.4 Å². The SMILES string of the molecule is COc1ccc(Cn2c(CCC(=O)Nc3nc(C)cs3)nc3cccnc32)cc1. The summed E-state index contributed by atoms with van der Waals surface area (Å²) < 4.78 is 7.30. The number of hydrogen-bond donors (Lipinski definition) is 1. The van der Waals surface area contributed by atoms with E-state index in [9.17, 15) is 4.79 Å². The third-order valence-corrected chi connectivity index (χ3v) is 5.40. The van der Waals surface area contributed by atoms with Crippen molar-refractivity contribution < 1.29 is 9.53 Å². The first-order chi connectivity index (χ1) is 14.1. The summed E-state index contributed by atoms with van der Waals surface area (Å²) >= 11 is 1.43. The van der Waals surface area contributed by atoms with Crippen LogP contribution in [0.5, 0.6) is 5.75 Å². The molecule has 29 heavy (non-hydrogen) atoms. The van der Waals surface area contributed by atoms with Crippen LogP contribution < -0.4 is 10.1 Å². The Morgan fingerprint density at radius 1 is 1.21 bits per heavy atom. The van der Waals surface area contributed by atoms with Crippen molar-refractivity contribution in [2.24, 2.45) is 0 Å². The minimum absolute atomic E-state index is 0.0737. The first-order valence-electron chi connectivity index (χ1n) is 9.27. The van der Waals surface area contributed by atoms with E-state index in [2.05, 4.69) is 19.9 Å². The predicted molar refractivity (Wildman–Crippen MR) is 113 cm³/mol. The molecule has 7 nitrogen and oxygen atoms in total. The Morgan fingerprint density at radius 2 is 2.03 bits per heavy atom. The Morgan fingerprint density at radius 3 is 2.76 bits per heavy atom. The van der Waals surface area contributed by atoms with Gasteiger partial charge in [-0.2, -0.15) is 0 Å². The van der Waals surface area contributed by atoms with E-state index in [0.717, 1.165) is 34.0 Å². The molecule has 0 spiro atoms. The van der Waals surface area contributed by atoms with Crippen molar-refractivity contribution in [3.8, 4) is 5.75 Å². The highest BCUT2D eigenvalue weighted by molar-refractivity contribution is 7.13. The molecular weight excluding hydrogens is 386 g/mol. The van der Waals surface area contributed by atoms with Gasteiger partial charge < -0.3 is 14.6 Å². The first kappa shape index (κ1) is 19.1. The van der Waals surface area contributed by atoms with Crippen molar-refractivity contribution in [3.05, 3.63) is 65.1 Å². The van der Waals surface area contributed by atoms with Gasteiger partial charge in [0.2, 0.25) is 5.91 Å². The number of methoxy groups -OCH3 is 1. The molecule has 1 N–H and O–H groups in total. The monoisotopic (exact) mass is 407 g/mol. The summed E-state index contributed by atoms with van der Waals surface area (Å²) in [6.07, 6.45) is 2.60. The molecule has 8 heteroatoms. The summed E-state index contributed by atoms with van der Waals surface area (Å²) in [7, 11) is 1.65. The largest absolute Gasteiger partial charge is 0.497 e. The van der Waals surface area contributed by atoms with Crippen molar-refractivity contribution in [2.45, 2.75) is 26.3 Å². The molecule has 0 radical (unpaired) electrons. The standard InChI is InChI=1S/C21H21N5O2S/c1-14-13-29-21(23-14)25-19(27)10-9-18-24-17-4-3-11-22-20(17)26(18)12-15-5-7-16(28-2)8-6-15/h3-8,11,13H,9-10,12H2,1-2H3,(H,23,25,27). The van der Waals surface area contributed by atoms with E-state index in [1.165, 1.54) is 11.3 Å². The molecule has 0 aliphatic heterocycles. The number of hydrogen-bond acceptors (Lipinski definition) is 6. The van der Waals surface area contributed by atoms with Gasteiger partial charge in [0.1, 0.15) is 17.1 Å². The maximum atomic E-state index is 12.3. The number of aromatic nitrogens is 4. The van der Waals surface area contributed by atoms with Gasteiger partial charge in [-0.1, -0.05) is 12.1 Å². The molecule has 1 amide bonds. The number of rotatable bonds is 7. The minimum atomic E-state index is -0.0737. The lowest BCUT2D eigenvalue weighted by Gasteiger charge is -2.09. The molecule has 4 rings (SSSR count). The van der Waals surface area contributed by atoms with E-state index in [1.807, 2.05) is 48.7 Å². The van der Waals surface area contributed by atoms with Gasteiger partial charge in [0.15, 0.2) is 10.8 Å². The first-order valence-corrected chi connectivity index (χ1v) is 10.2. The van der Waals surface area contributed by atoms with Crippen LogP contribution in [0.4, 0.5) is 5.13 Å². The Labute approximate surface area is 172 Å². The number of imidazole rings is 1. The van der Waals surface area contributed by atoms with Crippen LogP contribution in [0.25, 0.3) is 11.2 Å². The lowest BCUT2D eigenvalue weighted by molar-refractivity contribution is -0.116. The molecule has 0 atom stereocenters. The van der Waals surface area contributed by atoms with Crippen LogP contribution in [0.15, 0.2) is 48.0 Å². The fourth-order valence-electron chi connectivity index (χ4n) is 3.09. The number of benzene rings is 1. The number of thiazole rings is 1. The van der Waals surface area contributed by atoms with E-state index >= 15 is 0 Å². The number of carbonyl (C=O) groups excluding carboxylic acids is 1. The van der Waals surface area contributed by atoms with Gasteiger partial charge in [0.05, 0.1) is 19.3 Å². The Bertz CT molecular complexity index is 1130. The molecule has 0 bridgehead atoms. The zero-order chi connectivity index (χ0) is 20.2. The third-order valence-electron chi connectivity index (χ3n) is 4.52. The molecule has 148 valence electrons. The molecular formula is C21H21N5O2S. The van der Waals surface area contributed by atoms with Crippen molar-refractivity contribution in [3.63, 3.8) is 0 Å². The number of anilines is 1. The average Bonchev–Trinajstić information content (AvgIpc) is 3.30. The molecule has 4 aromatic rings. The highest BCUT2D eigenvalue weighted by atomic mass is 32.1. The smallest absolute Gasteiger partial charge is 0.226 e.